The molecule has 0 heterocycles. The second-order valence-corrected chi connectivity index (χ2v) is 2.85. The van der Waals surface area contributed by atoms with Gasteiger partial charge in [-0.15, -0.1) is 0 Å². The van der Waals surface area contributed by atoms with Crippen LogP contribution in [0, 0.1) is 0 Å². The molecule has 0 amide bonds. The summed E-state index contributed by atoms with van der Waals surface area (Å²) in [5.74, 6) is 0.163. The van der Waals surface area contributed by atoms with Gasteiger partial charge in [0.2, 0.25) is 0 Å². The molecule has 0 unspecified atom stereocenters. The van der Waals surface area contributed by atoms with Crippen LogP contribution in [-0.4, -0.2) is 9.87 Å². The maximum atomic E-state index is 10.3. The number of hydrogen-bond donors (Lipinski definition) is 0. The molecule has 0 saturated carbocycles. The second-order valence-electron chi connectivity index (χ2n) is 1.98. The summed E-state index contributed by atoms with van der Waals surface area (Å²) < 4.78 is 0.163. The Morgan fingerprint density at radius 3 is 2.22 bits per heavy atom. The number of Topliss-reactive ketones (excluding diaryl/α,β-unsaturated/α-hetero) is 1. The van der Waals surface area contributed by atoms with Crippen molar-refractivity contribution in [3.8, 4) is 0 Å². The summed E-state index contributed by atoms with van der Waals surface area (Å²) in [5.41, 5.74) is 0. The topological polar surface area (TPSA) is 34.1 Å². The van der Waals surface area contributed by atoms with Crippen molar-refractivity contribution in [3.63, 3.8) is 0 Å². The van der Waals surface area contributed by atoms with Crippen molar-refractivity contribution in [2.24, 2.45) is 0 Å². The molecular weight excluding hydrogens is 152 g/mol. The number of carbonyl (C=O) groups excluding carboxylic acids is 2. The fourth-order valence-corrected chi connectivity index (χ4v) is 0.774. The number of carbonyl (C=O) groups is 2. The first-order valence-corrected chi connectivity index (χ1v) is 3.65. The van der Waals surface area contributed by atoms with Crippen molar-refractivity contribution in [1.29, 1.82) is 0 Å². The summed E-state index contributed by atoms with van der Waals surface area (Å²) in [5, 5.41) is 0. The van der Waals surface area contributed by atoms with Gasteiger partial charge in [-0.2, -0.15) is 0 Å². The van der Waals surface area contributed by atoms with Crippen LogP contribution in [0.15, 0.2) is 0 Å². The van der Waals surface area contributed by atoms with Crippen LogP contribution < -0.4 is 0 Å². The average Bonchev–Trinajstić information content (AvgIpc) is 1.63. The summed E-state index contributed by atoms with van der Waals surface area (Å²) in [4.78, 5) is 20.6. The Morgan fingerprint density at radius 1 is 1.33 bits per heavy atom. The van der Waals surface area contributed by atoms with Gasteiger partial charge in [-0.05, 0) is 0 Å². The van der Waals surface area contributed by atoms with E-state index in [4.69, 9.17) is 0 Å². The summed E-state index contributed by atoms with van der Waals surface area (Å²) in [6.07, 6.45) is 1.80. The van der Waals surface area contributed by atoms with Crippen LogP contribution in [0.4, 0.5) is 0 Å². The van der Waals surface area contributed by atoms with Crippen LogP contribution in [0.5, 0.6) is 0 Å². The quantitative estimate of drug-likeness (QED) is 0.572. The minimum absolute atomic E-state index is 0.163. The Kier molecular flexibility index (Phi) is 4.92. The molecule has 2 nitrogen and oxygen atoms in total. The minimum atomic E-state index is 0.163. The van der Waals surface area contributed by atoms with Crippen molar-refractivity contribution in [2.75, 3.05) is 0 Å². The van der Waals surface area contributed by atoms with E-state index in [0.717, 1.165) is 0 Å². The monoisotopic (exact) mass is 161 g/mol. The van der Waals surface area contributed by atoms with Crippen LogP contribution >= 0.6 is 0 Å². The first-order chi connectivity index (χ1) is 4.13. The molecule has 0 aromatic carbocycles. The van der Waals surface area contributed by atoms with Gasteiger partial charge < -0.3 is 0 Å². The van der Waals surface area contributed by atoms with E-state index in [1.54, 1.807) is 27.4 Å². The maximum absolute atomic E-state index is 10.3. The molecule has 0 spiro atoms. The van der Waals surface area contributed by atoms with Crippen LogP contribution in [0.25, 0.3) is 0 Å². The molecule has 9 heavy (non-hydrogen) atoms. The molecular formula is C6H9O2Ti. The van der Waals surface area contributed by atoms with Gasteiger partial charge in [0, 0.05) is 0 Å². The summed E-state index contributed by atoms with van der Waals surface area (Å²) in [6.45, 7) is 1.54. The molecule has 0 saturated heterocycles. The molecule has 0 aromatic rings. The van der Waals surface area contributed by atoms with Crippen LogP contribution in [0.2, 0.25) is 0 Å². The molecule has 0 N–H and O–H groups in total. The normalized spacial score (nSPS) is 8.89. The zero-order valence-corrected chi connectivity index (χ0v) is 7.00. The Labute approximate surface area is 66.4 Å². The molecule has 0 rings (SSSR count). The first kappa shape index (κ1) is 9.05. The van der Waals surface area contributed by atoms with Crippen molar-refractivity contribution in [1.82, 2.24) is 0 Å². The Bertz CT molecular complexity index is 106. The van der Waals surface area contributed by atoms with E-state index in [1.165, 1.54) is 0 Å². The third kappa shape index (κ3) is 8.05. The third-order valence-electron chi connectivity index (χ3n) is 0.933. The van der Waals surface area contributed by atoms with Crippen LogP contribution in [-0.2, 0) is 30.0 Å². The van der Waals surface area contributed by atoms with Gasteiger partial charge in [-0.3, -0.25) is 0 Å². The second kappa shape index (κ2) is 4.89. The van der Waals surface area contributed by atoms with Gasteiger partial charge in [0.25, 0.3) is 0 Å². The van der Waals surface area contributed by atoms with Crippen molar-refractivity contribution < 1.29 is 30.0 Å². The zero-order chi connectivity index (χ0) is 7.28. The first-order valence-electron chi connectivity index (χ1n) is 2.87. The number of ketones is 1. The molecule has 0 atom stereocenters. The predicted octanol–water partition coefficient (Wildman–Crippen LogP) is 0.819. The van der Waals surface area contributed by atoms with Gasteiger partial charge in [0.05, 0.1) is 0 Å². The standard InChI is InChI=1S/C6H9O2.Ti/c1-6(8)4-2-3-5-7;/h2-4H2,1H3;. The molecule has 0 aliphatic carbocycles. The molecule has 49 valence electrons. The number of rotatable bonds is 4. The molecule has 0 aliphatic heterocycles. The predicted molar refractivity (Wildman–Crippen MR) is 29.5 cm³/mol. The summed E-state index contributed by atoms with van der Waals surface area (Å²) in [7, 11) is 0. The fourth-order valence-electron chi connectivity index (χ4n) is 0.498. The van der Waals surface area contributed by atoms with Gasteiger partial charge in [0.1, 0.15) is 0 Å². The van der Waals surface area contributed by atoms with E-state index in [1.807, 2.05) is 0 Å². The van der Waals surface area contributed by atoms with Crippen molar-refractivity contribution in [3.05, 3.63) is 0 Å². The molecule has 0 aliphatic rings. The third-order valence-corrected chi connectivity index (χ3v) is 1.32. The van der Waals surface area contributed by atoms with Crippen molar-refractivity contribution in [2.45, 2.75) is 26.2 Å². The summed E-state index contributed by atoms with van der Waals surface area (Å²) >= 11 is 1.54. The Morgan fingerprint density at radius 2 is 1.89 bits per heavy atom. The van der Waals surface area contributed by atoms with Gasteiger partial charge in [-0.25, -0.2) is 0 Å². The number of hydrogen-bond acceptors (Lipinski definition) is 2. The summed E-state index contributed by atoms with van der Waals surface area (Å²) in [6, 6.07) is 0. The van der Waals surface area contributed by atoms with E-state index >= 15 is 0 Å². The molecule has 0 radical (unpaired) electrons. The van der Waals surface area contributed by atoms with E-state index < -0.39 is 0 Å². The van der Waals surface area contributed by atoms with Crippen molar-refractivity contribution >= 4 is 9.87 Å². The van der Waals surface area contributed by atoms with Crippen LogP contribution in [0.3, 0.4) is 0 Å². The van der Waals surface area contributed by atoms with Gasteiger partial charge in [-0.1, -0.05) is 0 Å². The van der Waals surface area contributed by atoms with Gasteiger partial charge >= 0.3 is 66.1 Å². The SMILES string of the molecule is CC(=O)CCC[C](=O)[Ti]. The van der Waals surface area contributed by atoms with E-state index in [2.05, 4.69) is 0 Å². The molecule has 0 fully saturated rings. The molecule has 3 heteroatoms. The zero-order valence-electron chi connectivity index (χ0n) is 5.44. The Balaban J connectivity index is 3.10. The van der Waals surface area contributed by atoms with Crippen LogP contribution in [0.1, 0.15) is 26.2 Å². The van der Waals surface area contributed by atoms with E-state index in [9.17, 15) is 9.59 Å². The molecule has 0 bridgehead atoms. The van der Waals surface area contributed by atoms with Gasteiger partial charge in [0.15, 0.2) is 0 Å². The molecule has 0 aromatic heterocycles. The Hall–Kier alpha value is 0.0543. The van der Waals surface area contributed by atoms with E-state index in [0.29, 0.717) is 19.3 Å². The van der Waals surface area contributed by atoms with E-state index in [-0.39, 0.29) is 9.87 Å². The fraction of sp³-hybridized carbons (Fsp3) is 0.667. The average molecular weight is 161 g/mol.